The highest BCUT2D eigenvalue weighted by atomic mass is 16.6. The molecule has 1 aromatic rings. The van der Waals surface area contributed by atoms with Crippen molar-refractivity contribution in [2.24, 2.45) is 0 Å². The summed E-state index contributed by atoms with van der Waals surface area (Å²) < 4.78 is 5.50. The number of hydrogen-bond donors (Lipinski definition) is 2. The van der Waals surface area contributed by atoms with E-state index in [1.165, 1.54) is 0 Å². The molecule has 0 aliphatic carbocycles. The third-order valence-corrected chi connectivity index (χ3v) is 3.38. The van der Waals surface area contributed by atoms with Crippen molar-refractivity contribution < 1.29 is 9.53 Å². The average molecular weight is 233 g/mol. The molecule has 1 spiro atoms. The van der Waals surface area contributed by atoms with Gasteiger partial charge in [0.25, 0.3) is 0 Å². The highest BCUT2D eigenvalue weighted by Crippen LogP contribution is 2.32. The van der Waals surface area contributed by atoms with Crippen molar-refractivity contribution in [2.75, 3.05) is 30.3 Å². The Balaban J connectivity index is 1.85. The van der Waals surface area contributed by atoms with Gasteiger partial charge >= 0.3 is 6.09 Å². The molecule has 0 saturated carbocycles. The number of amides is 1. The zero-order valence-electron chi connectivity index (χ0n) is 9.48. The maximum atomic E-state index is 11.9. The van der Waals surface area contributed by atoms with E-state index in [1.807, 2.05) is 12.1 Å². The fourth-order valence-electron chi connectivity index (χ4n) is 2.42. The van der Waals surface area contributed by atoms with Crippen LogP contribution in [-0.4, -0.2) is 31.3 Å². The summed E-state index contributed by atoms with van der Waals surface area (Å²) in [7, 11) is 0. The summed E-state index contributed by atoms with van der Waals surface area (Å²) in [6.45, 7) is 2.26. The molecule has 0 aromatic heterocycles. The first-order valence-corrected chi connectivity index (χ1v) is 5.75. The van der Waals surface area contributed by atoms with Crippen LogP contribution in [0, 0.1) is 0 Å². The van der Waals surface area contributed by atoms with E-state index in [-0.39, 0.29) is 11.7 Å². The van der Waals surface area contributed by atoms with E-state index in [0.717, 1.165) is 25.2 Å². The summed E-state index contributed by atoms with van der Waals surface area (Å²) in [5, 5.41) is 3.23. The Morgan fingerprint density at radius 2 is 2.12 bits per heavy atom. The first-order valence-electron chi connectivity index (χ1n) is 5.75. The number of nitrogens with zero attached hydrogens (tertiary/aromatic N) is 1. The fourth-order valence-corrected chi connectivity index (χ4v) is 2.42. The molecule has 5 nitrogen and oxygen atoms in total. The lowest BCUT2D eigenvalue weighted by Crippen LogP contribution is -2.36. The summed E-state index contributed by atoms with van der Waals surface area (Å²) in [5.41, 5.74) is 6.83. The predicted octanol–water partition coefficient (Wildman–Crippen LogP) is 0.957. The Morgan fingerprint density at radius 1 is 1.35 bits per heavy atom. The Hall–Kier alpha value is -1.75. The van der Waals surface area contributed by atoms with E-state index in [0.29, 0.717) is 12.2 Å². The van der Waals surface area contributed by atoms with Crippen LogP contribution in [0.15, 0.2) is 24.3 Å². The van der Waals surface area contributed by atoms with Crippen LogP contribution in [0.25, 0.3) is 0 Å². The zero-order chi connectivity index (χ0) is 11.9. The van der Waals surface area contributed by atoms with Crippen molar-refractivity contribution in [1.82, 2.24) is 5.32 Å². The second-order valence-electron chi connectivity index (χ2n) is 4.66. The molecule has 1 atom stereocenters. The van der Waals surface area contributed by atoms with E-state index in [2.05, 4.69) is 5.32 Å². The normalized spacial score (nSPS) is 27.8. The summed E-state index contributed by atoms with van der Waals surface area (Å²) >= 11 is 0. The molecule has 1 amide bonds. The highest BCUT2D eigenvalue weighted by Gasteiger charge is 2.47. The van der Waals surface area contributed by atoms with Gasteiger partial charge in [-0.1, -0.05) is 0 Å². The molecule has 0 bridgehead atoms. The van der Waals surface area contributed by atoms with Crippen LogP contribution in [0.4, 0.5) is 16.2 Å². The summed E-state index contributed by atoms with van der Waals surface area (Å²) in [6.07, 6.45) is 0.614. The van der Waals surface area contributed by atoms with Crippen LogP contribution in [0.2, 0.25) is 0 Å². The lowest BCUT2D eigenvalue weighted by molar-refractivity contribution is 0.0733. The van der Waals surface area contributed by atoms with Crippen LogP contribution in [-0.2, 0) is 4.74 Å². The van der Waals surface area contributed by atoms with Gasteiger partial charge in [0, 0.05) is 24.3 Å². The van der Waals surface area contributed by atoms with Gasteiger partial charge in [-0.05, 0) is 30.8 Å². The van der Waals surface area contributed by atoms with Gasteiger partial charge in [-0.3, -0.25) is 4.90 Å². The molecule has 2 aliphatic rings. The van der Waals surface area contributed by atoms with E-state index >= 15 is 0 Å². The average Bonchev–Trinajstić information content (AvgIpc) is 2.88. The molecule has 0 radical (unpaired) electrons. The van der Waals surface area contributed by atoms with Crippen molar-refractivity contribution in [1.29, 1.82) is 0 Å². The highest BCUT2D eigenvalue weighted by molar-refractivity contribution is 5.90. The number of ether oxygens (including phenoxy) is 1. The van der Waals surface area contributed by atoms with Gasteiger partial charge in [-0.15, -0.1) is 0 Å². The minimum Gasteiger partial charge on any atom is -0.439 e. The third-order valence-electron chi connectivity index (χ3n) is 3.38. The number of benzene rings is 1. The molecule has 17 heavy (non-hydrogen) atoms. The van der Waals surface area contributed by atoms with Crippen molar-refractivity contribution in [3.8, 4) is 0 Å². The van der Waals surface area contributed by atoms with E-state index in [1.54, 1.807) is 17.0 Å². The minimum atomic E-state index is -0.335. The van der Waals surface area contributed by atoms with E-state index in [9.17, 15) is 4.79 Å². The Labute approximate surface area is 99.5 Å². The summed E-state index contributed by atoms with van der Waals surface area (Å²) in [6, 6.07) is 7.27. The number of nitrogens with two attached hydrogens (primary N) is 1. The predicted molar refractivity (Wildman–Crippen MR) is 64.9 cm³/mol. The largest absolute Gasteiger partial charge is 0.439 e. The van der Waals surface area contributed by atoms with Crippen molar-refractivity contribution >= 4 is 17.5 Å². The van der Waals surface area contributed by atoms with Gasteiger partial charge in [0.1, 0.15) is 5.60 Å². The summed E-state index contributed by atoms with van der Waals surface area (Å²) in [4.78, 5) is 13.5. The summed E-state index contributed by atoms with van der Waals surface area (Å²) in [5.74, 6) is 0. The minimum absolute atomic E-state index is 0.265. The number of carbonyl (C=O) groups is 1. The van der Waals surface area contributed by atoms with Gasteiger partial charge < -0.3 is 15.8 Å². The maximum absolute atomic E-state index is 11.9. The third kappa shape index (κ3) is 1.72. The molecule has 5 heteroatoms. The molecule has 1 unspecified atom stereocenters. The van der Waals surface area contributed by atoms with Gasteiger partial charge in [0.05, 0.1) is 6.54 Å². The van der Waals surface area contributed by atoms with Crippen LogP contribution < -0.4 is 16.0 Å². The molecule has 3 rings (SSSR count). The van der Waals surface area contributed by atoms with E-state index in [4.69, 9.17) is 10.5 Å². The first kappa shape index (κ1) is 10.4. The van der Waals surface area contributed by atoms with Gasteiger partial charge in [-0.25, -0.2) is 4.79 Å². The van der Waals surface area contributed by atoms with Crippen molar-refractivity contribution in [3.05, 3.63) is 24.3 Å². The zero-order valence-corrected chi connectivity index (χ0v) is 9.48. The first-order chi connectivity index (χ1) is 8.19. The molecule has 2 saturated heterocycles. The molecule has 1 aromatic carbocycles. The van der Waals surface area contributed by atoms with Crippen LogP contribution in [0.3, 0.4) is 0 Å². The molecule has 90 valence electrons. The quantitative estimate of drug-likeness (QED) is 0.709. The molecular formula is C12H15N3O2. The second-order valence-corrected chi connectivity index (χ2v) is 4.66. The second kappa shape index (κ2) is 3.63. The Morgan fingerprint density at radius 3 is 2.76 bits per heavy atom. The fraction of sp³-hybridized carbons (Fsp3) is 0.417. The molecular weight excluding hydrogens is 218 g/mol. The molecule has 3 N–H and O–H groups in total. The smallest absolute Gasteiger partial charge is 0.415 e. The van der Waals surface area contributed by atoms with Gasteiger partial charge in [0.15, 0.2) is 0 Å². The molecule has 2 heterocycles. The van der Waals surface area contributed by atoms with Crippen LogP contribution >= 0.6 is 0 Å². The van der Waals surface area contributed by atoms with Gasteiger partial charge in [-0.2, -0.15) is 0 Å². The number of carbonyl (C=O) groups excluding carboxylic acids is 1. The Bertz CT molecular complexity index is 438. The van der Waals surface area contributed by atoms with Crippen molar-refractivity contribution in [2.45, 2.75) is 12.0 Å². The lowest BCUT2D eigenvalue weighted by atomic mass is 10.0. The van der Waals surface area contributed by atoms with E-state index < -0.39 is 0 Å². The van der Waals surface area contributed by atoms with Crippen LogP contribution in [0.1, 0.15) is 6.42 Å². The molecule has 2 aliphatic heterocycles. The Kier molecular flexibility index (Phi) is 2.22. The SMILES string of the molecule is Nc1ccc(N2CC3(CCNC3)OC2=O)cc1. The van der Waals surface area contributed by atoms with Gasteiger partial charge in [0.2, 0.25) is 0 Å². The van der Waals surface area contributed by atoms with Crippen molar-refractivity contribution in [3.63, 3.8) is 0 Å². The standard InChI is InChI=1S/C12H15N3O2/c13-9-1-3-10(4-2-9)15-8-12(17-11(15)16)5-6-14-7-12/h1-4,14H,5-8,13H2. The molecule has 2 fully saturated rings. The number of hydrogen-bond acceptors (Lipinski definition) is 4. The maximum Gasteiger partial charge on any atom is 0.415 e. The van der Waals surface area contributed by atoms with Crippen LogP contribution in [0.5, 0.6) is 0 Å². The topological polar surface area (TPSA) is 67.6 Å². The number of anilines is 2. The lowest BCUT2D eigenvalue weighted by Gasteiger charge is -2.19. The number of nitrogens with one attached hydrogen (secondary N) is 1. The number of rotatable bonds is 1. The number of nitrogen functional groups attached to an aromatic ring is 1. The monoisotopic (exact) mass is 233 g/mol.